The minimum Gasteiger partial charge on any atom is -0.458 e. The number of benzene rings is 1. The molecule has 0 fully saturated rings. The standard InChI is InChI=1S/C16H18O4/c1-11(2)9-19-15(17)13-6-5-7-14(8-13)16(18)20-10-12(3)4/h5-8H,1,3,9-10H2,2,4H3. The molecule has 4 heteroatoms. The van der Waals surface area contributed by atoms with E-state index < -0.39 is 11.9 Å². The topological polar surface area (TPSA) is 52.6 Å². The Morgan fingerprint density at radius 3 is 1.70 bits per heavy atom. The Morgan fingerprint density at radius 2 is 1.35 bits per heavy atom. The fourth-order valence-electron chi connectivity index (χ4n) is 1.32. The number of hydrogen-bond acceptors (Lipinski definition) is 4. The minimum absolute atomic E-state index is 0.156. The summed E-state index contributed by atoms with van der Waals surface area (Å²) in [6.07, 6.45) is 0. The molecule has 0 aliphatic rings. The Hall–Kier alpha value is -2.36. The predicted octanol–water partition coefficient (Wildman–Crippen LogP) is 3.15. The molecule has 0 atom stereocenters. The highest BCUT2D eigenvalue weighted by Crippen LogP contribution is 2.09. The molecule has 1 aromatic rings. The maximum atomic E-state index is 11.8. The third kappa shape index (κ3) is 5.10. The van der Waals surface area contributed by atoms with E-state index >= 15 is 0 Å². The first kappa shape index (κ1) is 15.7. The third-order valence-electron chi connectivity index (χ3n) is 2.23. The highest BCUT2D eigenvalue weighted by Gasteiger charge is 2.12. The van der Waals surface area contributed by atoms with Gasteiger partial charge < -0.3 is 9.47 Å². The molecule has 0 unspecified atom stereocenters. The molecule has 0 bridgehead atoms. The van der Waals surface area contributed by atoms with E-state index in [0.717, 1.165) is 11.1 Å². The molecule has 0 aliphatic carbocycles. The van der Waals surface area contributed by atoms with Gasteiger partial charge >= 0.3 is 11.9 Å². The van der Waals surface area contributed by atoms with E-state index in [2.05, 4.69) is 13.2 Å². The maximum Gasteiger partial charge on any atom is 0.338 e. The average molecular weight is 274 g/mol. The number of esters is 2. The van der Waals surface area contributed by atoms with Gasteiger partial charge in [0.1, 0.15) is 13.2 Å². The van der Waals surface area contributed by atoms with Crippen LogP contribution in [0.4, 0.5) is 0 Å². The first-order valence-electron chi connectivity index (χ1n) is 6.13. The second-order valence-electron chi connectivity index (χ2n) is 4.65. The lowest BCUT2D eigenvalue weighted by Gasteiger charge is -2.07. The summed E-state index contributed by atoms with van der Waals surface area (Å²) in [5.74, 6) is -0.995. The van der Waals surface area contributed by atoms with E-state index in [1.165, 1.54) is 6.07 Å². The lowest BCUT2D eigenvalue weighted by molar-refractivity contribution is 0.0538. The van der Waals surface area contributed by atoms with Gasteiger partial charge in [0.2, 0.25) is 0 Å². The molecule has 106 valence electrons. The molecule has 0 radical (unpaired) electrons. The van der Waals surface area contributed by atoms with Crippen LogP contribution in [0.1, 0.15) is 34.6 Å². The second-order valence-corrected chi connectivity index (χ2v) is 4.65. The fourth-order valence-corrected chi connectivity index (χ4v) is 1.32. The van der Waals surface area contributed by atoms with Crippen LogP contribution in [0.3, 0.4) is 0 Å². The smallest absolute Gasteiger partial charge is 0.338 e. The lowest BCUT2D eigenvalue weighted by Crippen LogP contribution is -2.10. The van der Waals surface area contributed by atoms with Crippen molar-refractivity contribution < 1.29 is 19.1 Å². The van der Waals surface area contributed by atoms with Crippen molar-refractivity contribution in [2.45, 2.75) is 13.8 Å². The number of rotatable bonds is 6. The van der Waals surface area contributed by atoms with Crippen molar-refractivity contribution >= 4 is 11.9 Å². The molecule has 0 heterocycles. The monoisotopic (exact) mass is 274 g/mol. The van der Waals surface area contributed by atoms with Crippen LogP contribution in [0.5, 0.6) is 0 Å². The van der Waals surface area contributed by atoms with Gasteiger partial charge in [-0.15, -0.1) is 0 Å². The highest BCUT2D eigenvalue weighted by molar-refractivity contribution is 5.95. The van der Waals surface area contributed by atoms with Crippen molar-refractivity contribution in [1.29, 1.82) is 0 Å². The Morgan fingerprint density at radius 1 is 0.950 bits per heavy atom. The van der Waals surface area contributed by atoms with E-state index in [4.69, 9.17) is 9.47 Å². The van der Waals surface area contributed by atoms with Gasteiger partial charge in [0.15, 0.2) is 0 Å². The number of carbonyl (C=O) groups is 2. The Kier molecular flexibility index (Phi) is 5.72. The zero-order valence-corrected chi connectivity index (χ0v) is 11.8. The third-order valence-corrected chi connectivity index (χ3v) is 2.23. The van der Waals surface area contributed by atoms with Gasteiger partial charge in [0.25, 0.3) is 0 Å². The van der Waals surface area contributed by atoms with Crippen LogP contribution in [-0.4, -0.2) is 25.2 Å². The van der Waals surface area contributed by atoms with Crippen LogP contribution in [0.2, 0.25) is 0 Å². The summed E-state index contributed by atoms with van der Waals surface area (Å²) >= 11 is 0. The van der Waals surface area contributed by atoms with Crippen LogP contribution < -0.4 is 0 Å². The van der Waals surface area contributed by atoms with Gasteiger partial charge in [-0.3, -0.25) is 0 Å². The van der Waals surface area contributed by atoms with Crippen molar-refractivity contribution in [3.05, 3.63) is 59.7 Å². The minimum atomic E-state index is -0.498. The summed E-state index contributed by atoms with van der Waals surface area (Å²) in [5, 5.41) is 0. The molecule has 4 nitrogen and oxygen atoms in total. The SMILES string of the molecule is C=C(C)COC(=O)c1cccc(C(=O)OCC(=C)C)c1. The zero-order chi connectivity index (χ0) is 15.1. The van der Waals surface area contributed by atoms with E-state index in [1.807, 2.05) is 0 Å². The van der Waals surface area contributed by atoms with Gasteiger partial charge in [0, 0.05) is 0 Å². The van der Waals surface area contributed by atoms with E-state index in [-0.39, 0.29) is 13.2 Å². The van der Waals surface area contributed by atoms with Gasteiger partial charge in [-0.25, -0.2) is 9.59 Å². The van der Waals surface area contributed by atoms with Crippen molar-refractivity contribution in [3.63, 3.8) is 0 Å². The van der Waals surface area contributed by atoms with Crippen molar-refractivity contribution in [3.8, 4) is 0 Å². The van der Waals surface area contributed by atoms with Gasteiger partial charge in [-0.1, -0.05) is 19.2 Å². The molecular weight excluding hydrogens is 256 g/mol. The molecule has 0 saturated heterocycles. The Bertz CT molecular complexity index is 498. The molecule has 0 aliphatic heterocycles. The fraction of sp³-hybridized carbons (Fsp3) is 0.250. The van der Waals surface area contributed by atoms with Gasteiger partial charge in [0.05, 0.1) is 11.1 Å². The molecule has 0 amide bonds. The number of ether oxygens (including phenoxy) is 2. The number of carbonyl (C=O) groups excluding carboxylic acids is 2. The summed E-state index contributed by atoms with van der Waals surface area (Å²) in [6.45, 7) is 11.1. The van der Waals surface area contributed by atoms with Crippen molar-refractivity contribution in [2.24, 2.45) is 0 Å². The molecule has 0 aromatic heterocycles. The molecule has 0 saturated carbocycles. The number of hydrogen-bond donors (Lipinski definition) is 0. The lowest BCUT2D eigenvalue weighted by atomic mass is 10.1. The molecule has 0 N–H and O–H groups in total. The molecule has 1 rings (SSSR count). The summed E-state index contributed by atoms with van der Waals surface area (Å²) in [5.41, 5.74) is 2.10. The quantitative estimate of drug-likeness (QED) is 0.590. The Labute approximate surface area is 118 Å². The second kappa shape index (κ2) is 7.28. The summed E-state index contributed by atoms with van der Waals surface area (Å²) in [6, 6.07) is 6.21. The first-order chi connectivity index (χ1) is 9.40. The van der Waals surface area contributed by atoms with E-state index in [9.17, 15) is 9.59 Å². The van der Waals surface area contributed by atoms with E-state index in [0.29, 0.717) is 11.1 Å². The molecule has 0 spiro atoms. The van der Waals surface area contributed by atoms with Gasteiger partial charge in [-0.05, 0) is 43.2 Å². The summed E-state index contributed by atoms with van der Waals surface area (Å²) < 4.78 is 10.0. The van der Waals surface area contributed by atoms with Crippen LogP contribution in [-0.2, 0) is 9.47 Å². The zero-order valence-electron chi connectivity index (χ0n) is 11.8. The normalized spacial score (nSPS) is 9.70. The average Bonchev–Trinajstić information content (AvgIpc) is 2.42. The van der Waals surface area contributed by atoms with Crippen molar-refractivity contribution in [2.75, 3.05) is 13.2 Å². The van der Waals surface area contributed by atoms with Crippen LogP contribution in [0.25, 0.3) is 0 Å². The van der Waals surface area contributed by atoms with E-state index in [1.54, 1.807) is 32.0 Å². The predicted molar refractivity (Wildman–Crippen MR) is 76.6 cm³/mol. The van der Waals surface area contributed by atoms with Crippen LogP contribution in [0.15, 0.2) is 48.6 Å². The summed E-state index contributed by atoms with van der Waals surface area (Å²) in [7, 11) is 0. The highest BCUT2D eigenvalue weighted by atomic mass is 16.5. The first-order valence-corrected chi connectivity index (χ1v) is 6.13. The maximum absolute atomic E-state index is 11.8. The molecular formula is C16H18O4. The molecule has 20 heavy (non-hydrogen) atoms. The largest absolute Gasteiger partial charge is 0.458 e. The summed E-state index contributed by atoms with van der Waals surface area (Å²) in [4.78, 5) is 23.5. The Balaban J connectivity index is 2.74. The van der Waals surface area contributed by atoms with Crippen LogP contribution in [0, 0.1) is 0 Å². The van der Waals surface area contributed by atoms with Gasteiger partial charge in [-0.2, -0.15) is 0 Å². The molecule has 1 aromatic carbocycles. The van der Waals surface area contributed by atoms with Crippen molar-refractivity contribution in [1.82, 2.24) is 0 Å². The van der Waals surface area contributed by atoms with Crippen LogP contribution >= 0.6 is 0 Å².